The molecule has 8 heteroatoms. The van der Waals surface area contributed by atoms with E-state index in [0.29, 0.717) is 0 Å². The zero-order valence-corrected chi connectivity index (χ0v) is 17.7. The third-order valence-corrected chi connectivity index (χ3v) is 6.96. The number of allylic oxidation sites excluding steroid dienone is 2. The summed E-state index contributed by atoms with van der Waals surface area (Å²) in [6.45, 7) is 1.49. The number of carbonyl (C=O) groups excluding carboxylic acids is 2. The lowest BCUT2D eigenvalue weighted by Crippen LogP contribution is -2.54. The van der Waals surface area contributed by atoms with Crippen LogP contribution in [0, 0.1) is 23.7 Å². The maximum absolute atomic E-state index is 13.6. The molecule has 8 nitrogen and oxygen atoms in total. The fourth-order valence-electron chi connectivity index (χ4n) is 5.47. The van der Waals surface area contributed by atoms with E-state index in [1.807, 2.05) is 0 Å². The van der Waals surface area contributed by atoms with Gasteiger partial charge in [0.05, 0.1) is 28.5 Å². The third-order valence-electron chi connectivity index (χ3n) is 6.96. The molecule has 0 saturated carbocycles. The van der Waals surface area contributed by atoms with E-state index in [9.17, 15) is 30.0 Å². The average Bonchev–Trinajstić information content (AvgIpc) is 3.53. The van der Waals surface area contributed by atoms with Crippen LogP contribution in [0.4, 0.5) is 5.69 Å². The molecule has 2 aromatic rings. The minimum absolute atomic E-state index is 0.0268. The Morgan fingerprint density at radius 1 is 1.03 bits per heavy atom. The van der Waals surface area contributed by atoms with Crippen molar-refractivity contribution in [1.29, 1.82) is 0 Å². The largest absolute Gasteiger partial charge is 0.507 e. The van der Waals surface area contributed by atoms with Gasteiger partial charge in [0.1, 0.15) is 17.5 Å². The molecule has 5 N–H and O–H groups in total. The van der Waals surface area contributed by atoms with E-state index in [0.717, 1.165) is 0 Å². The Morgan fingerprint density at radius 2 is 1.76 bits per heavy atom. The number of fused-ring (bicyclic) bond motifs is 4. The number of aromatic hydroxyl groups is 2. The van der Waals surface area contributed by atoms with Gasteiger partial charge in [-0.3, -0.25) is 9.59 Å². The summed E-state index contributed by atoms with van der Waals surface area (Å²) < 4.78 is 6.10. The van der Waals surface area contributed by atoms with Crippen LogP contribution in [0.5, 0.6) is 11.5 Å². The minimum Gasteiger partial charge on any atom is -0.507 e. The first-order valence-corrected chi connectivity index (χ1v) is 10.6. The number of nitrogens with one attached hydrogen (secondary N) is 1. The molecule has 1 saturated heterocycles. The first kappa shape index (κ1) is 20.5. The highest BCUT2D eigenvalue weighted by Crippen LogP contribution is 2.67. The SMILES string of the molecule is C[C@@H](O)[C@@]12O[C@]13c1cc(O)c4c(c1N[C@H]2C#C/C=C\C#C[C@H]3O)C(=O)c1c(O)cccc1C4=O. The molecule has 34 heavy (non-hydrogen) atoms. The van der Waals surface area contributed by atoms with E-state index in [1.54, 1.807) is 0 Å². The summed E-state index contributed by atoms with van der Waals surface area (Å²) in [7, 11) is 0. The Bertz CT molecular complexity index is 1500. The van der Waals surface area contributed by atoms with E-state index in [-0.39, 0.29) is 39.3 Å². The Hall–Kier alpha value is -4.08. The van der Waals surface area contributed by atoms with Gasteiger partial charge in [-0.25, -0.2) is 0 Å². The molecular weight excluding hydrogens is 438 g/mol. The van der Waals surface area contributed by atoms with Crippen molar-refractivity contribution in [1.82, 2.24) is 0 Å². The number of phenolic OH excluding ortho intramolecular Hbond substituents is 2. The fraction of sp³-hybridized carbons (Fsp3) is 0.231. The quantitative estimate of drug-likeness (QED) is 0.208. The number of aliphatic hydroxyl groups excluding tert-OH is 2. The normalized spacial score (nSPS) is 31.0. The Kier molecular flexibility index (Phi) is 3.92. The molecule has 4 aliphatic rings. The van der Waals surface area contributed by atoms with Crippen molar-refractivity contribution < 1.29 is 34.8 Å². The number of epoxide rings is 1. The highest BCUT2D eigenvalue weighted by Gasteiger charge is 2.82. The number of aliphatic hydroxyl groups is 2. The highest BCUT2D eigenvalue weighted by atomic mass is 16.7. The van der Waals surface area contributed by atoms with Crippen LogP contribution >= 0.6 is 0 Å². The second-order valence-corrected chi connectivity index (χ2v) is 8.62. The summed E-state index contributed by atoms with van der Waals surface area (Å²) in [6, 6.07) is 4.49. The number of hydrogen-bond donors (Lipinski definition) is 5. The van der Waals surface area contributed by atoms with Crippen molar-refractivity contribution in [2.45, 2.75) is 36.4 Å². The van der Waals surface area contributed by atoms with Gasteiger partial charge in [0.2, 0.25) is 0 Å². The Labute approximate surface area is 193 Å². The summed E-state index contributed by atoms with van der Waals surface area (Å²) in [5.41, 5.74) is -3.38. The van der Waals surface area contributed by atoms with Gasteiger partial charge in [-0.15, -0.1) is 0 Å². The predicted octanol–water partition coefficient (Wildman–Crippen LogP) is 0.950. The van der Waals surface area contributed by atoms with Gasteiger partial charge in [0.25, 0.3) is 0 Å². The maximum atomic E-state index is 13.6. The van der Waals surface area contributed by atoms with Crippen molar-refractivity contribution in [2.75, 3.05) is 5.32 Å². The van der Waals surface area contributed by atoms with E-state index in [1.165, 1.54) is 43.3 Å². The molecule has 2 aliphatic heterocycles. The molecular formula is C26H17NO7. The molecule has 168 valence electrons. The van der Waals surface area contributed by atoms with E-state index in [4.69, 9.17) is 4.74 Å². The Balaban J connectivity index is 1.70. The van der Waals surface area contributed by atoms with Gasteiger partial charge < -0.3 is 30.5 Å². The number of rotatable bonds is 1. The molecule has 2 aromatic carbocycles. The van der Waals surface area contributed by atoms with E-state index >= 15 is 0 Å². The molecule has 0 amide bonds. The van der Waals surface area contributed by atoms with Gasteiger partial charge in [-0.05, 0) is 31.2 Å². The second-order valence-electron chi connectivity index (χ2n) is 8.62. The number of ketones is 2. The van der Waals surface area contributed by atoms with Crippen LogP contribution in [-0.2, 0) is 10.3 Å². The molecule has 2 aliphatic carbocycles. The number of phenols is 2. The minimum atomic E-state index is -1.63. The van der Waals surface area contributed by atoms with Crippen LogP contribution in [0.3, 0.4) is 0 Å². The lowest BCUT2D eigenvalue weighted by atomic mass is 9.69. The predicted molar refractivity (Wildman–Crippen MR) is 118 cm³/mol. The maximum Gasteiger partial charge on any atom is 0.200 e. The van der Waals surface area contributed by atoms with Crippen LogP contribution < -0.4 is 5.32 Å². The van der Waals surface area contributed by atoms with Crippen LogP contribution in [0.1, 0.15) is 44.3 Å². The molecule has 2 bridgehead atoms. The third kappa shape index (κ3) is 2.20. The van der Waals surface area contributed by atoms with Gasteiger partial charge in [0, 0.05) is 11.1 Å². The lowest BCUT2D eigenvalue weighted by molar-refractivity contribution is 0.0867. The van der Waals surface area contributed by atoms with Gasteiger partial charge >= 0.3 is 0 Å². The monoisotopic (exact) mass is 455 g/mol. The van der Waals surface area contributed by atoms with Crippen molar-refractivity contribution >= 4 is 17.3 Å². The van der Waals surface area contributed by atoms with Crippen molar-refractivity contribution in [2.24, 2.45) is 0 Å². The average molecular weight is 455 g/mol. The van der Waals surface area contributed by atoms with Crippen LogP contribution in [0.25, 0.3) is 0 Å². The van der Waals surface area contributed by atoms with Crippen molar-refractivity contribution in [3.8, 4) is 35.2 Å². The summed E-state index contributed by atoms with van der Waals surface area (Å²) in [4.78, 5) is 26.9. The number of anilines is 1. The molecule has 0 aromatic heterocycles. The number of carbonyl (C=O) groups is 2. The molecule has 0 unspecified atom stereocenters. The standard InChI is InChI=1S/C26H17NO7/c1-12(28)25-17-9-4-2-3-5-10-18(31)26(25,34-25)14-11-16(30)20-21(22(14)27-17)24(33)19-13(23(20)32)7-6-8-15(19)29/h2-3,6-8,11-12,17-18,27-31H,1H3/b3-2-/t12-,17+,18-,25+,26+/m1/s1. The zero-order chi connectivity index (χ0) is 24.0. The van der Waals surface area contributed by atoms with Crippen molar-refractivity contribution in [3.63, 3.8) is 0 Å². The fourth-order valence-corrected chi connectivity index (χ4v) is 5.47. The molecule has 1 fully saturated rings. The topological polar surface area (TPSA) is 140 Å². The molecule has 2 heterocycles. The van der Waals surface area contributed by atoms with Crippen LogP contribution in [0.2, 0.25) is 0 Å². The smallest absolute Gasteiger partial charge is 0.200 e. The lowest BCUT2D eigenvalue weighted by Gasteiger charge is -2.37. The Morgan fingerprint density at radius 3 is 2.50 bits per heavy atom. The first-order chi connectivity index (χ1) is 16.3. The molecule has 6 rings (SSSR count). The molecule has 5 atom stereocenters. The van der Waals surface area contributed by atoms with Gasteiger partial charge in [0.15, 0.2) is 28.9 Å². The summed E-state index contributed by atoms with van der Waals surface area (Å²) in [6.07, 6.45) is 0.361. The van der Waals surface area contributed by atoms with Gasteiger partial charge in [-0.1, -0.05) is 35.8 Å². The second kappa shape index (κ2) is 6.49. The van der Waals surface area contributed by atoms with Gasteiger partial charge in [-0.2, -0.15) is 0 Å². The summed E-state index contributed by atoms with van der Waals surface area (Å²) in [5, 5.41) is 46.3. The summed E-state index contributed by atoms with van der Waals surface area (Å²) in [5.74, 6) is 8.94. The molecule has 0 radical (unpaired) electrons. The van der Waals surface area contributed by atoms with E-state index < -0.39 is 46.8 Å². The number of benzene rings is 2. The number of hydrogen-bond acceptors (Lipinski definition) is 8. The molecule has 0 spiro atoms. The highest BCUT2D eigenvalue weighted by molar-refractivity contribution is 6.32. The summed E-state index contributed by atoms with van der Waals surface area (Å²) >= 11 is 0. The zero-order valence-electron chi connectivity index (χ0n) is 17.7. The van der Waals surface area contributed by atoms with Crippen LogP contribution in [0.15, 0.2) is 36.4 Å². The number of ether oxygens (including phenoxy) is 1. The van der Waals surface area contributed by atoms with Crippen molar-refractivity contribution in [3.05, 3.63) is 64.2 Å². The van der Waals surface area contributed by atoms with Crippen LogP contribution in [-0.4, -0.2) is 55.8 Å². The van der Waals surface area contributed by atoms with E-state index in [2.05, 4.69) is 29.0 Å². The first-order valence-electron chi connectivity index (χ1n) is 10.6.